The summed E-state index contributed by atoms with van der Waals surface area (Å²) in [5.74, 6) is 1.55. The van der Waals surface area contributed by atoms with Crippen molar-refractivity contribution in [3.05, 3.63) is 54.2 Å². The van der Waals surface area contributed by atoms with Gasteiger partial charge in [-0.1, -0.05) is 18.2 Å². The fourth-order valence-corrected chi connectivity index (χ4v) is 2.41. The predicted molar refractivity (Wildman–Crippen MR) is 85.2 cm³/mol. The Labute approximate surface area is 123 Å². The second kappa shape index (κ2) is 5.79. The molecule has 0 amide bonds. The summed E-state index contributed by atoms with van der Waals surface area (Å²) >= 11 is 0. The lowest BCUT2D eigenvalue weighted by molar-refractivity contribution is 0.395. The summed E-state index contributed by atoms with van der Waals surface area (Å²) in [6, 6.07) is 14.0. The van der Waals surface area contributed by atoms with Gasteiger partial charge in [-0.3, -0.25) is 0 Å². The Morgan fingerprint density at radius 2 is 1.90 bits per heavy atom. The van der Waals surface area contributed by atoms with Crippen LogP contribution >= 0.6 is 0 Å². The summed E-state index contributed by atoms with van der Waals surface area (Å²) in [6.07, 6.45) is 2.04. The summed E-state index contributed by atoms with van der Waals surface area (Å²) in [5.41, 5.74) is 3.32. The number of hydrogen-bond donors (Lipinski definition) is 2. The molecule has 21 heavy (non-hydrogen) atoms. The molecule has 0 saturated carbocycles. The third-order valence-corrected chi connectivity index (χ3v) is 3.55. The Hall–Kier alpha value is -2.62. The number of H-pyrrole nitrogens is 1. The lowest BCUT2D eigenvalue weighted by atomic mass is 10.1. The standard InChI is InChI=1S/C17H18N2O2/c1-20-13-7-8-16(17(9-13)21-2)19-11-12-10-18-15-6-4-3-5-14(12)15/h3-10,18-19H,11H2,1-2H3. The van der Waals surface area contributed by atoms with E-state index < -0.39 is 0 Å². The third kappa shape index (κ3) is 2.65. The van der Waals surface area contributed by atoms with Crippen LogP contribution in [0.4, 0.5) is 5.69 Å². The first-order valence-electron chi connectivity index (χ1n) is 6.82. The molecule has 0 unspecified atom stereocenters. The minimum atomic E-state index is 0.729. The highest BCUT2D eigenvalue weighted by Gasteiger charge is 2.07. The van der Waals surface area contributed by atoms with E-state index in [1.165, 1.54) is 10.9 Å². The van der Waals surface area contributed by atoms with Gasteiger partial charge >= 0.3 is 0 Å². The van der Waals surface area contributed by atoms with E-state index >= 15 is 0 Å². The Bertz CT molecular complexity index is 749. The maximum Gasteiger partial charge on any atom is 0.145 e. The molecule has 108 valence electrons. The van der Waals surface area contributed by atoms with E-state index in [1.54, 1.807) is 14.2 Å². The Morgan fingerprint density at radius 1 is 1.05 bits per heavy atom. The van der Waals surface area contributed by atoms with E-state index in [0.717, 1.165) is 29.2 Å². The molecule has 4 heteroatoms. The van der Waals surface area contributed by atoms with Crippen molar-refractivity contribution >= 4 is 16.6 Å². The highest BCUT2D eigenvalue weighted by Crippen LogP contribution is 2.30. The van der Waals surface area contributed by atoms with Crippen molar-refractivity contribution in [3.63, 3.8) is 0 Å². The van der Waals surface area contributed by atoms with Gasteiger partial charge in [-0.05, 0) is 23.8 Å². The van der Waals surface area contributed by atoms with Crippen LogP contribution in [-0.2, 0) is 6.54 Å². The summed E-state index contributed by atoms with van der Waals surface area (Å²) in [4.78, 5) is 3.28. The number of aromatic nitrogens is 1. The molecule has 0 bridgehead atoms. The van der Waals surface area contributed by atoms with E-state index in [-0.39, 0.29) is 0 Å². The van der Waals surface area contributed by atoms with Crippen molar-refractivity contribution in [1.82, 2.24) is 4.98 Å². The zero-order chi connectivity index (χ0) is 14.7. The average Bonchev–Trinajstić information content (AvgIpc) is 2.96. The second-order valence-corrected chi connectivity index (χ2v) is 4.78. The maximum absolute atomic E-state index is 5.39. The molecule has 0 saturated heterocycles. The minimum absolute atomic E-state index is 0.729. The molecule has 0 atom stereocenters. The van der Waals surface area contributed by atoms with E-state index in [9.17, 15) is 0 Å². The molecule has 0 fully saturated rings. The fraction of sp³-hybridized carbons (Fsp3) is 0.176. The Morgan fingerprint density at radius 3 is 2.71 bits per heavy atom. The number of hydrogen-bond acceptors (Lipinski definition) is 3. The van der Waals surface area contributed by atoms with Crippen LogP contribution in [0.5, 0.6) is 11.5 Å². The zero-order valence-electron chi connectivity index (χ0n) is 12.1. The van der Waals surface area contributed by atoms with Crippen molar-refractivity contribution in [2.75, 3.05) is 19.5 Å². The van der Waals surface area contributed by atoms with Crippen LogP contribution in [0.15, 0.2) is 48.7 Å². The van der Waals surface area contributed by atoms with E-state index in [1.807, 2.05) is 36.5 Å². The van der Waals surface area contributed by atoms with E-state index in [2.05, 4.69) is 22.4 Å². The number of para-hydroxylation sites is 1. The number of methoxy groups -OCH3 is 2. The number of benzene rings is 2. The number of aromatic amines is 1. The first-order valence-corrected chi connectivity index (χ1v) is 6.82. The SMILES string of the molecule is COc1ccc(NCc2c[nH]c3ccccc23)c(OC)c1. The third-order valence-electron chi connectivity index (χ3n) is 3.55. The predicted octanol–water partition coefficient (Wildman–Crippen LogP) is 3.80. The minimum Gasteiger partial charge on any atom is -0.497 e. The summed E-state index contributed by atoms with van der Waals surface area (Å²) in [7, 11) is 3.31. The van der Waals surface area contributed by atoms with E-state index in [0.29, 0.717) is 0 Å². The molecular formula is C17H18N2O2. The van der Waals surface area contributed by atoms with Gasteiger partial charge in [0.15, 0.2) is 0 Å². The van der Waals surface area contributed by atoms with Gasteiger partial charge in [-0.2, -0.15) is 0 Å². The average molecular weight is 282 g/mol. The summed E-state index contributed by atoms with van der Waals surface area (Å²) in [6.45, 7) is 0.729. The zero-order valence-corrected chi connectivity index (χ0v) is 12.1. The van der Waals surface area contributed by atoms with Crippen molar-refractivity contribution in [2.24, 2.45) is 0 Å². The van der Waals surface area contributed by atoms with Gasteiger partial charge < -0.3 is 19.8 Å². The molecule has 2 aromatic carbocycles. The van der Waals surface area contributed by atoms with Crippen molar-refractivity contribution in [1.29, 1.82) is 0 Å². The number of ether oxygens (including phenoxy) is 2. The van der Waals surface area contributed by atoms with Crippen LogP contribution in [-0.4, -0.2) is 19.2 Å². The van der Waals surface area contributed by atoms with Crippen LogP contribution in [0.3, 0.4) is 0 Å². The van der Waals surface area contributed by atoms with Crippen molar-refractivity contribution in [3.8, 4) is 11.5 Å². The number of rotatable bonds is 5. The molecule has 0 aliphatic rings. The molecule has 3 aromatic rings. The topological polar surface area (TPSA) is 46.3 Å². The number of nitrogens with one attached hydrogen (secondary N) is 2. The van der Waals surface area contributed by atoms with Gasteiger partial charge in [0.1, 0.15) is 11.5 Å². The highest BCUT2D eigenvalue weighted by atomic mass is 16.5. The molecular weight excluding hydrogens is 264 g/mol. The second-order valence-electron chi connectivity index (χ2n) is 4.78. The monoisotopic (exact) mass is 282 g/mol. The van der Waals surface area contributed by atoms with Gasteiger partial charge in [-0.25, -0.2) is 0 Å². The smallest absolute Gasteiger partial charge is 0.145 e. The summed E-state index contributed by atoms with van der Waals surface area (Å²) < 4.78 is 10.6. The quantitative estimate of drug-likeness (QED) is 0.748. The molecule has 2 N–H and O–H groups in total. The molecule has 3 rings (SSSR count). The highest BCUT2D eigenvalue weighted by molar-refractivity contribution is 5.83. The van der Waals surface area contributed by atoms with Crippen LogP contribution in [0.1, 0.15) is 5.56 Å². The molecule has 1 aromatic heterocycles. The number of fused-ring (bicyclic) bond motifs is 1. The fourth-order valence-electron chi connectivity index (χ4n) is 2.41. The Kier molecular flexibility index (Phi) is 3.69. The largest absolute Gasteiger partial charge is 0.497 e. The number of anilines is 1. The van der Waals surface area contributed by atoms with Gasteiger partial charge in [0, 0.05) is 29.7 Å². The van der Waals surface area contributed by atoms with Crippen LogP contribution < -0.4 is 14.8 Å². The van der Waals surface area contributed by atoms with Crippen LogP contribution in [0.2, 0.25) is 0 Å². The van der Waals surface area contributed by atoms with Gasteiger partial charge in [-0.15, -0.1) is 0 Å². The molecule has 0 radical (unpaired) electrons. The molecule has 1 heterocycles. The van der Waals surface area contributed by atoms with Crippen LogP contribution in [0, 0.1) is 0 Å². The maximum atomic E-state index is 5.39. The lowest BCUT2D eigenvalue weighted by Gasteiger charge is -2.12. The van der Waals surface area contributed by atoms with Crippen LogP contribution in [0.25, 0.3) is 10.9 Å². The van der Waals surface area contributed by atoms with Gasteiger partial charge in [0.05, 0.1) is 19.9 Å². The normalized spacial score (nSPS) is 10.6. The lowest BCUT2D eigenvalue weighted by Crippen LogP contribution is -2.01. The summed E-state index contributed by atoms with van der Waals surface area (Å²) in [5, 5.41) is 4.64. The van der Waals surface area contributed by atoms with Gasteiger partial charge in [0.2, 0.25) is 0 Å². The van der Waals surface area contributed by atoms with Gasteiger partial charge in [0.25, 0.3) is 0 Å². The molecule has 0 aliphatic heterocycles. The van der Waals surface area contributed by atoms with Crippen molar-refractivity contribution < 1.29 is 9.47 Å². The van der Waals surface area contributed by atoms with E-state index in [4.69, 9.17) is 9.47 Å². The molecule has 0 spiro atoms. The molecule has 4 nitrogen and oxygen atoms in total. The Balaban J connectivity index is 1.81. The first kappa shape index (κ1) is 13.4. The molecule has 0 aliphatic carbocycles. The van der Waals surface area contributed by atoms with Crippen molar-refractivity contribution in [2.45, 2.75) is 6.54 Å². The first-order chi connectivity index (χ1) is 10.3.